The van der Waals surface area contributed by atoms with Gasteiger partial charge in [0.15, 0.2) is 4.80 Å². The third-order valence-corrected chi connectivity index (χ3v) is 6.89. The first-order chi connectivity index (χ1) is 18.4. The highest BCUT2D eigenvalue weighted by molar-refractivity contribution is 7.07. The number of hydrogen-bond acceptors (Lipinski definition) is 8. The number of carbonyl (C=O) groups is 1. The van der Waals surface area contributed by atoms with Crippen LogP contribution in [0.1, 0.15) is 51.8 Å². The maximum absolute atomic E-state index is 13.9. The molecule has 2 aromatic carbocycles. The molecule has 0 spiro atoms. The molecule has 0 fully saturated rings. The minimum absolute atomic E-state index is 0.216. The molecule has 9 heteroatoms. The van der Waals surface area contributed by atoms with E-state index in [1.54, 1.807) is 24.5 Å². The van der Waals surface area contributed by atoms with E-state index < -0.39 is 12.0 Å². The van der Waals surface area contributed by atoms with Crippen molar-refractivity contribution in [3.8, 4) is 17.2 Å². The van der Waals surface area contributed by atoms with Crippen LogP contribution >= 0.6 is 11.3 Å². The lowest BCUT2D eigenvalue weighted by Crippen LogP contribution is -2.39. The van der Waals surface area contributed by atoms with Gasteiger partial charge in [-0.3, -0.25) is 9.36 Å². The summed E-state index contributed by atoms with van der Waals surface area (Å²) in [5, 5.41) is 0. The van der Waals surface area contributed by atoms with Gasteiger partial charge in [0.05, 0.1) is 48.3 Å². The number of fused-ring (bicyclic) bond motifs is 1. The Morgan fingerprint density at radius 3 is 2.26 bits per heavy atom. The number of thiazole rings is 1. The summed E-state index contributed by atoms with van der Waals surface area (Å²) in [4.78, 5) is 32.1. The van der Waals surface area contributed by atoms with Crippen molar-refractivity contribution in [2.24, 2.45) is 4.99 Å². The minimum Gasteiger partial charge on any atom is -0.494 e. The van der Waals surface area contributed by atoms with Crippen molar-refractivity contribution in [1.29, 1.82) is 0 Å². The zero-order chi connectivity index (χ0) is 27.2. The Kier molecular flexibility index (Phi) is 8.68. The summed E-state index contributed by atoms with van der Waals surface area (Å²) in [6.07, 6.45) is 1.79. The highest BCUT2D eigenvalue weighted by Gasteiger charge is 2.33. The minimum atomic E-state index is -0.685. The summed E-state index contributed by atoms with van der Waals surface area (Å²) >= 11 is 1.27. The first-order valence-corrected chi connectivity index (χ1v) is 13.5. The second-order valence-corrected chi connectivity index (χ2v) is 9.38. The summed E-state index contributed by atoms with van der Waals surface area (Å²) in [5.74, 6) is 1.53. The van der Waals surface area contributed by atoms with Crippen molar-refractivity contribution >= 4 is 23.4 Å². The zero-order valence-corrected chi connectivity index (χ0v) is 23.1. The molecule has 1 aliphatic rings. The van der Waals surface area contributed by atoms with Crippen LogP contribution < -0.4 is 29.1 Å². The van der Waals surface area contributed by atoms with Gasteiger partial charge in [-0.15, -0.1) is 0 Å². The van der Waals surface area contributed by atoms with Crippen molar-refractivity contribution in [2.45, 2.75) is 40.7 Å². The van der Waals surface area contributed by atoms with Gasteiger partial charge in [0, 0.05) is 11.6 Å². The fraction of sp³-hybridized carbons (Fsp3) is 0.345. The van der Waals surface area contributed by atoms with Crippen LogP contribution in [0.3, 0.4) is 0 Å². The number of ether oxygens (including phenoxy) is 4. The lowest BCUT2D eigenvalue weighted by Gasteiger charge is -2.24. The van der Waals surface area contributed by atoms with Crippen molar-refractivity contribution in [2.75, 3.05) is 26.4 Å². The summed E-state index contributed by atoms with van der Waals surface area (Å²) < 4.78 is 24.4. The van der Waals surface area contributed by atoms with Crippen LogP contribution in [0.25, 0.3) is 6.08 Å². The molecule has 1 aromatic heterocycles. The first-order valence-electron chi connectivity index (χ1n) is 12.7. The molecule has 4 rings (SSSR count). The van der Waals surface area contributed by atoms with Crippen LogP contribution in [-0.4, -0.2) is 37.0 Å². The predicted octanol–water partition coefficient (Wildman–Crippen LogP) is 3.99. The van der Waals surface area contributed by atoms with E-state index in [4.69, 9.17) is 18.9 Å². The van der Waals surface area contributed by atoms with Crippen molar-refractivity contribution in [3.05, 3.63) is 84.5 Å². The molecule has 0 saturated carbocycles. The van der Waals surface area contributed by atoms with E-state index in [2.05, 4.69) is 4.99 Å². The smallest absolute Gasteiger partial charge is 0.338 e. The first kappa shape index (κ1) is 27.2. The average molecular weight is 537 g/mol. The molecular weight excluding hydrogens is 504 g/mol. The summed E-state index contributed by atoms with van der Waals surface area (Å²) in [5.41, 5.74) is 2.12. The maximum atomic E-state index is 13.9. The highest BCUT2D eigenvalue weighted by atomic mass is 32.1. The lowest BCUT2D eigenvalue weighted by molar-refractivity contribution is -0.139. The zero-order valence-electron chi connectivity index (χ0n) is 22.3. The Balaban J connectivity index is 1.89. The van der Waals surface area contributed by atoms with Crippen LogP contribution in [-0.2, 0) is 9.53 Å². The van der Waals surface area contributed by atoms with Gasteiger partial charge in [-0.1, -0.05) is 23.5 Å². The van der Waals surface area contributed by atoms with Gasteiger partial charge in [-0.2, -0.15) is 0 Å². The van der Waals surface area contributed by atoms with Crippen LogP contribution in [0.2, 0.25) is 0 Å². The lowest BCUT2D eigenvalue weighted by atomic mass is 9.96. The second kappa shape index (κ2) is 12.1. The van der Waals surface area contributed by atoms with E-state index >= 15 is 0 Å². The summed E-state index contributed by atoms with van der Waals surface area (Å²) in [7, 11) is 0. The fourth-order valence-electron chi connectivity index (χ4n) is 4.33. The van der Waals surface area contributed by atoms with Crippen LogP contribution in [0, 0.1) is 0 Å². The molecule has 1 atom stereocenters. The number of benzene rings is 2. The molecule has 38 heavy (non-hydrogen) atoms. The molecule has 0 unspecified atom stereocenters. The molecule has 0 aliphatic carbocycles. The van der Waals surface area contributed by atoms with E-state index in [1.165, 1.54) is 11.3 Å². The van der Waals surface area contributed by atoms with E-state index in [9.17, 15) is 9.59 Å². The Morgan fingerprint density at radius 1 is 0.947 bits per heavy atom. The van der Waals surface area contributed by atoms with Gasteiger partial charge >= 0.3 is 5.97 Å². The quantitative estimate of drug-likeness (QED) is 0.364. The largest absolute Gasteiger partial charge is 0.494 e. The molecule has 3 aromatic rings. The van der Waals surface area contributed by atoms with Crippen molar-refractivity contribution in [1.82, 2.24) is 4.57 Å². The SMILES string of the molecule is CCOC(=O)C1=C(C)N=c2s/c(=C/c3ccc(OCC)cc3OCC)c(=O)n2[C@@H]1c1ccc(OCC)cc1. The van der Waals surface area contributed by atoms with Gasteiger partial charge < -0.3 is 18.9 Å². The molecule has 2 heterocycles. The molecular formula is C29H32N2O6S. The Morgan fingerprint density at radius 2 is 1.61 bits per heavy atom. The van der Waals surface area contributed by atoms with Gasteiger partial charge in [0.1, 0.15) is 17.2 Å². The third-order valence-electron chi connectivity index (χ3n) is 5.91. The van der Waals surface area contributed by atoms with E-state index in [1.807, 2.05) is 63.2 Å². The number of rotatable bonds is 10. The molecule has 0 N–H and O–H groups in total. The molecule has 0 radical (unpaired) electrons. The molecule has 0 saturated heterocycles. The highest BCUT2D eigenvalue weighted by Crippen LogP contribution is 2.32. The van der Waals surface area contributed by atoms with Gasteiger partial charge in [0.25, 0.3) is 5.56 Å². The molecule has 0 bridgehead atoms. The van der Waals surface area contributed by atoms with Crippen LogP contribution in [0.15, 0.2) is 63.5 Å². The van der Waals surface area contributed by atoms with Crippen molar-refractivity contribution in [3.63, 3.8) is 0 Å². The van der Waals surface area contributed by atoms with E-state index in [0.29, 0.717) is 57.7 Å². The monoisotopic (exact) mass is 536 g/mol. The van der Waals surface area contributed by atoms with Gasteiger partial charge in [-0.25, -0.2) is 9.79 Å². The van der Waals surface area contributed by atoms with Gasteiger partial charge in [0.2, 0.25) is 0 Å². The topological polar surface area (TPSA) is 88.4 Å². The fourth-order valence-corrected chi connectivity index (χ4v) is 5.37. The third kappa shape index (κ3) is 5.52. The molecule has 0 amide bonds. The van der Waals surface area contributed by atoms with Gasteiger partial charge in [-0.05, 0) is 70.5 Å². The number of nitrogens with zero attached hydrogens (tertiary/aromatic N) is 2. The van der Waals surface area contributed by atoms with Crippen molar-refractivity contribution < 1.29 is 23.7 Å². The number of allylic oxidation sites excluding steroid dienone is 1. The van der Waals surface area contributed by atoms with E-state index in [-0.39, 0.29) is 12.2 Å². The van der Waals surface area contributed by atoms with Crippen LogP contribution in [0.5, 0.6) is 17.2 Å². The summed E-state index contributed by atoms with van der Waals surface area (Å²) in [6, 6.07) is 12.3. The van der Waals surface area contributed by atoms with E-state index in [0.717, 1.165) is 11.1 Å². The second-order valence-electron chi connectivity index (χ2n) is 8.37. The number of aromatic nitrogens is 1. The Bertz CT molecular complexity index is 1520. The maximum Gasteiger partial charge on any atom is 0.338 e. The average Bonchev–Trinajstić information content (AvgIpc) is 3.20. The standard InChI is InChI=1S/C29H32N2O6S/c1-6-34-21-13-10-19(11-14-21)26-25(28(33)37-9-4)18(5)30-29-31(26)27(32)24(38-29)16-20-12-15-22(35-7-2)17-23(20)36-8-3/h10-17,26H,6-9H2,1-5H3/b24-16+/t26-/m1/s1. The number of esters is 1. The Hall–Kier alpha value is -3.85. The predicted molar refractivity (Wildman–Crippen MR) is 147 cm³/mol. The normalized spacial score (nSPS) is 15.1. The van der Waals surface area contributed by atoms with Crippen LogP contribution in [0.4, 0.5) is 0 Å². The Labute approximate surface area is 225 Å². The summed E-state index contributed by atoms with van der Waals surface area (Å²) in [6.45, 7) is 11.0. The molecule has 1 aliphatic heterocycles. The number of carbonyl (C=O) groups excluding carboxylic acids is 1. The number of hydrogen-bond donors (Lipinski definition) is 0. The molecule has 8 nitrogen and oxygen atoms in total. The molecule has 200 valence electrons.